The molecule has 0 amide bonds. The van der Waals surface area contributed by atoms with Crippen LogP contribution in [0.5, 0.6) is 0 Å². The Morgan fingerprint density at radius 3 is 2.62 bits per heavy atom. The largest absolute Gasteiger partial charge is 0.394 e. The first-order valence-electron chi connectivity index (χ1n) is 8.12. The first kappa shape index (κ1) is 15.5. The second-order valence-corrected chi connectivity index (χ2v) is 7.26. The van der Waals surface area contributed by atoms with Gasteiger partial charge in [-0.05, 0) is 18.4 Å². The summed E-state index contributed by atoms with van der Waals surface area (Å²) in [6, 6.07) is 10.4. The van der Waals surface area contributed by atoms with Crippen molar-refractivity contribution in [2.75, 3.05) is 24.6 Å². The number of benzene rings is 1. The second-order valence-electron chi connectivity index (χ2n) is 6.40. The minimum Gasteiger partial charge on any atom is -0.394 e. The molecule has 6 heteroatoms. The molecule has 4 rings (SSSR count). The van der Waals surface area contributed by atoms with E-state index in [1.165, 1.54) is 11.1 Å². The number of rotatable bonds is 3. The number of aliphatic hydroxyl groups is 1. The van der Waals surface area contributed by atoms with Crippen LogP contribution in [-0.4, -0.2) is 40.3 Å². The van der Waals surface area contributed by atoms with Crippen molar-refractivity contribution in [2.24, 2.45) is 5.73 Å². The predicted molar refractivity (Wildman–Crippen MR) is 98.3 cm³/mol. The Morgan fingerprint density at radius 1 is 1.17 bits per heavy atom. The first-order valence-corrected chi connectivity index (χ1v) is 9.00. The number of anilines is 1. The number of aliphatic hydroxyl groups excluding tert-OH is 1. The van der Waals surface area contributed by atoms with Gasteiger partial charge in [0.15, 0.2) is 0 Å². The first-order chi connectivity index (χ1) is 11.7. The molecule has 0 atom stereocenters. The molecule has 1 aliphatic heterocycles. The number of nitrogens with zero attached hydrogens (tertiary/aromatic N) is 3. The lowest BCUT2D eigenvalue weighted by atomic mass is 9.89. The molecule has 0 saturated carbocycles. The quantitative estimate of drug-likeness (QED) is 0.767. The summed E-state index contributed by atoms with van der Waals surface area (Å²) in [7, 11) is 0. The fraction of sp³-hybridized carbons (Fsp3) is 0.333. The normalized spacial score (nSPS) is 17.3. The molecule has 5 nitrogen and oxygen atoms in total. The molecule has 1 aliphatic rings. The lowest BCUT2D eigenvalue weighted by Gasteiger charge is -2.38. The Hall–Kier alpha value is -2.02. The highest BCUT2D eigenvalue weighted by Crippen LogP contribution is 2.38. The van der Waals surface area contributed by atoms with Gasteiger partial charge >= 0.3 is 0 Å². The Kier molecular flexibility index (Phi) is 3.96. The van der Waals surface area contributed by atoms with E-state index in [2.05, 4.69) is 32.4 Å². The molecule has 124 valence electrons. The van der Waals surface area contributed by atoms with E-state index in [1.807, 2.05) is 18.2 Å². The summed E-state index contributed by atoms with van der Waals surface area (Å²) in [5, 5.41) is 12.7. The second kappa shape index (κ2) is 6.12. The summed E-state index contributed by atoms with van der Waals surface area (Å²) >= 11 is 1.65. The molecule has 0 bridgehead atoms. The average Bonchev–Trinajstić information content (AvgIpc) is 3.07. The van der Waals surface area contributed by atoms with Gasteiger partial charge in [-0.3, -0.25) is 0 Å². The number of nitrogens with two attached hydrogens (primary N) is 1. The van der Waals surface area contributed by atoms with Crippen LogP contribution in [0.25, 0.3) is 21.3 Å². The van der Waals surface area contributed by atoms with Crippen LogP contribution < -0.4 is 10.6 Å². The Morgan fingerprint density at radius 2 is 1.92 bits per heavy atom. The molecular formula is C18H20N4OS. The van der Waals surface area contributed by atoms with Gasteiger partial charge in [-0.25, -0.2) is 9.97 Å². The molecule has 24 heavy (non-hydrogen) atoms. The molecular weight excluding hydrogens is 320 g/mol. The Labute approximate surface area is 144 Å². The van der Waals surface area contributed by atoms with Crippen molar-refractivity contribution >= 4 is 27.4 Å². The summed E-state index contributed by atoms with van der Waals surface area (Å²) < 4.78 is 0. The predicted octanol–water partition coefficient (Wildman–Crippen LogP) is 2.65. The monoisotopic (exact) mass is 340 g/mol. The van der Waals surface area contributed by atoms with E-state index >= 15 is 0 Å². The fourth-order valence-electron chi connectivity index (χ4n) is 3.25. The van der Waals surface area contributed by atoms with Gasteiger partial charge in [-0.15, -0.1) is 11.3 Å². The highest BCUT2D eigenvalue weighted by Gasteiger charge is 2.31. The smallest absolute Gasteiger partial charge is 0.141 e. The van der Waals surface area contributed by atoms with Crippen LogP contribution >= 0.6 is 11.3 Å². The van der Waals surface area contributed by atoms with E-state index < -0.39 is 5.54 Å². The van der Waals surface area contributed by atoms with Crippen molar-refractivity contribution in [3.63, 3.8) is 0 Å². The highest BCUT2D eigenvalue weighted by molar-refractivity contribution is 7.17. The van der Waals surface area contributed by atoms with Crippen molar-refractivity contribution < 1.29 is 5.11 Å². The van der Waals surface area contributed by atoms with Gasteiger partial charge < -0.3 is 15.7 Å². The van der Waals surface area contributed by atoms with Gasteiger partial charge in [0, 0.05) is 29.6 Å². The van der Waals surface area contributed by atoms with Gasteiger partial charge in [-0.1, -0.05) is 30.3 Å². The number of piperidine rings is 1. The maximum atomic E-state index is 9.47. The minimum atomic E-state index is -0.459. The van der Waals surface area contributed by atoms with Crippen molar-refractivity contribution in [3.05, 3.63) is 42.0 Å². The average molecular weight is 340 g/mol. The van der Waals surface area contributed by atoms with Crippen LogP contribution in [0, 0.1) is 0 Å². The molecule has 0 radical (unpaired) electrons. The van der Waals surface area contributed by atoms with Crippen LogP contribution in [0.2, 0.25) is 0 Å². The summed E-state index contributed by atoms with van der Waals surface area (Å²) in [4.78, 5) is 12.3. The van der Waals surface area contributed by atoms with Gasteiger partial charge in [0.1, 0.15) is 17.0 Å². The van der Waals surface area contributed by atoms with Crippen LogP contribution in [0.4, 0.5) is 5.82 Å². The van der Waals surface area contributed by atoms with E-state index in [4.69, 9.17) is 5.73 Å². The van der Waals surface area contributed by atoms with Gasteiger partial charge in [0.2, 0.25) is 0 Å². The number of thiophene rings is 1. The zero-order chi connectivity index (χ0) is 16.6. The van der Waals surface area contributed by atoms with E-state index in [0.717, 1.165) is 42.0 Å². The molecule has 0 unspecified atom stereocenters. The van der Waals surface area contributed by atoms with Crippen LogP contribution in [0.3, 0.4) is 0 Å². The number of hydrogen-bond donors (Lipinski definition) is 2. The Bertz CT molecular complexity index is 841. The molecule has 1 aromatic carbocycles. The summed E-state index contributed by atoms with van der Waals surface area (Å²) in [5.74, 6) is 0.972. The van der Waals surface area contributed by atoms with Crippen molar-refractivity contribution in [1.82, 2.24) is 9.97 Å². The molecule has 2 aromatic heterocycles. The number of fused-ring (bicyclic) bond motifs is 1. The molecule has 3 heterocycles. The Balaban J connectivity index is 1.76. The van der Waals surface area contributed by atoms with E-state index in [9.17, 15) is 5.11 Å². The maximum Gasteiger partial charge on any atom is 0.141 e. The third-order valence-electron chi connectivity index (χ3n) is 4.81. The van der Waals surface area contributed by atoms with Crippen LogP contribution in [0.15, 0.2) is 42.0 Å². The zero-order valence-corrected chi connectivity index (χ0v) is 14.2. The summed E-state index contributed by atoms with van der Waals surface area (Å²) in [6.07, 6.45) is 3.17. The standard InChI is InChI=1S/C18H20N4OS/c19-18(11-23)6-8-22(9-7-18)16-15-14(13-4-2-1-3-5-13)10-24-17(15)21-12-20-16/h1-5,10,12,23H,6-9,11,19H2. The van der Waals surface area contributed by atoms with Crippen molar-refractivity contribution in [1.29, 1.82) is 0 Å². The van der Waals surface area contributed by atoms with Crippen molar-refractivity contribution in [3.8, 4) is 11.1 Å². The summed E-state index contributed by atoms with van der Waals surface area (Å²) in [6.45, 7) is 1.63. The lowest BCUT2D eigenvalue weighted by Crippen LogP contribution is -2.53. The molecule has 1 saturated heterocycles. The number of aromatic nitrogens is 2. The van der Waals surface area contributed by atoms with Crippen LogP contribution in [0.1, 0.15) is 12.8 Å². The van der Waals surface area contributed by atoms with E-state index in [0.29, 0.717) is 0 Å². The molecule has 3 N–H and O–H groups in total. The van der Waals surface area contributed by atoms with E-state index in [1.54, 1.807) is 17.7 Å². The van der Waals surface area contributed by atoms with Gasteiger partial charge in [0.05, 0.1) is 12.0 Å². The third-order valence-corrected chi connectivity index (χ3v) is 5.70. The highest BCUT2D eigenvalue weighted by atomic mass is 32.1. The maximum absolute atomic E-state index is 9.47. The van der Waals surface area contributed by atoms with E-state index in [-0.39, 0.29) is 6.61 Å². The van der Waals surface area contributed by atoms with Gasteiger partial charge in [0.25, 0.3) is 0 Å². The fourth-order valence-corrected chi connectivity index (χ4v) is 4.16. The zero-order valence-electron chi connectivity index (χ0n) is 13.4. The van der Waals surface area contributed by atoms with Crippen LogP contribution in [-0.2, 0) is 0 Å². The molecule has 3 aromatic rings. The summed E-state index contributed by atoms with van der Waals surface area (Å²) in [5.41, 5.74) is 8.11. The molecule has 0 spiro atoms. The third kappa shape index (κ3) is 2.66. The lowest BCUT2D eigenvalue weighted by molar-refractivity contribution is 0.170. The SMILES string of the molecule is NC1(CO)CCN(c2ncnc3scc(-c4ccccc4)c23)CC1. The molecule has 0 aliphatic carbocycles. The van der Waals surface area contributed by atoms with Gasteiger partial charge in [-0.2, -0.15) is 0 Å². The van der Waals surface area contributed by atoms with Crippen molar-refractivity contribution in [2.45, 2.75) is 18.4 Å². The minimum absolute atomic E-state index is 0.0355. The molecule has 1 fully saturated rings. The number of hydrogen-bond acceptors (Lipinski definition) is 6. The topological polar surface area (TPSA) is 75.3 Å².